The quantitative estimate of drug-likeness (QED) is 0.871. The van der Waals surface area contributed by atoms with Crippen LogP contribution < -0.4 is 0 Å². The van der Waals surface area contributed by atoms with E-state index in [9.17, 15) is 9.90 Å². The van der Waals surface area contributed by atoms with Crippen molar-refractivity contribution in [2.45, 2.75) is 44.8 Å². The second kappa shape index (κ2) is 5.53. The van der Waals surface area contributed by atoms with Crippen LogP contribution in [0.25, 0.3) is 0 Å². The van der Waals surface area contributed by atoms with Gasteiger partial charge in [0.2, 0.25) is 0 Å². The van der Waals surface area contributed by atoms with Gasteiger partial charge in [-0.25, -0.2) is 0 Å². The van der Waals surface area contributed by atoms with Crippen LogP contribution in [-0.4, -0.2) is 35.1 Å². The van der Waals surface area contributed by atoms with E-state index in [1.807, 2.05) is 31.2 Å². The number of rotatable bonds is 2. The Hall–Kier alpha value is -1.35. The Morgan fingerprint density at radius 2 is 2.06 bits per heavy atom. The minimum atomic E-state index is -0.377. The Balaban J connectivity index is 2.13. The molecular weight excluding hydrogens is 226 g/mol. The van der Waals surface area contributed by atoms with Crippen molar-refractivity contribution in [2.75, 3.05) is 7.05 Å². The number of likely N-dealkylation sites (N-methyl/N-ethyl adjacent to an activating group) is 1. The number of aliphatic hydroxyl groups is 1. The van der Waals surface area contributed by atoms with Crippen molar-refractivity contribution in [1.29, 1.82) is 0 Å². The Morgan fingerprint density at radius 1 is 1.33 bits per heavy atom. The first-order valence-corrected chi connectivity index (χ1v) is 6.61. The molecule has 1 fully saturated rings. The summed E-state index contributed by atoms with van der Waals surface area (Å²) in [5.41, 5.74) is 1.79. The van der Waals surface area contributed by atoms with Crippen LogP contribution in [-0.2, 0) is 0 Å². The molecule has 0 aliphatic heterocycles. The van der Waals surface area contributed by atoms with Gasteiger partial charge in [-0.1, -0.05) is 30.5 Å². The normalized spacial score (nSPS) is 23.7. The summed E-state index contributed by atoms with van der Waals surface area (Å²) in [5, 5.41) is 10.00. The van der Waals surface area contributed by atoms with Crippen LogP contribution in [0, 0.1) is 6.92 Å². The predicted octanol–water partition coefficient (Wildman–Crippen LogP) is 2.37. The first-order valence-electron chi connectivity index (χ1n) is 6.61. The van der Waals surface area contributed by atoms with Gasteiger partial charge in [0.05, 0.1) is 12.1 Å². The standard InChI is InChI=1S/C15H21NO2/c1-11-6-5-7-12(10-11)15(18)16(2)13-8-3-4-9-14(13)17/h5-7,10,13-14,17H,3-4,8-9H2,1-2H3/t13-,14-/m1/s1. The van der Waals surface area contributed by atoms with E-state index >= 15 is 0 Å². The summed E-state index contributed by atoms with van der Waals surface area (Å²) in [5.74, 6) is 0.00431. The zero-order valence-electron chi connectivity index (χ0n) is 11.1. The van der Waals surface area contributed by atoms with E-state index in [1.165, 1.54) is 0 Å². The first-order chi connectivity index (χ1) is 8.59. The monoisotopic (exact) mass is 247 g/mol. The molecule has 1 aliphatic carbocycles. The highest BCUT2D eigenvalue weighted by Gasteiger charge is 2.29. The molecule has 3 heteroatoms. The van der Waals surface area contributed by atoms with E-state index in [1.54, 1.807) is 11.9 Å². The van der Waals surface area contributed by atoms with E-state index < -0.39 is 0 Å². The van der Waals surface area contributed by atoms with Gasteiger partial charge in [-0.05, 0) is 31.9 Å². The maximum absolute atomic E-state index is 12.4. The van der Waals surface area contributed by atoms with Crippen LogP contribution in [0.15, 0.2) is 24.3 Å². The molecule has 1 aromatic rings. The fourth-order valence-corrected chi connectivity index (χ4v) is 2.68. The molecule has 0 unspecified atom stereocenters. The zero-order valence-corrected chi connectivity index (χ0v) is 11.1. The number of aliphatic hydroxyl groups excluding tert-OH is 1. The summed E-state index contributed by atoms with van der Waals surface area (Å²) in [4.78, 5) is 14.1. The molecule has 0 spiro atoms. The molecule has 18 heavy (non-hydrogen) atoms. The van der Waals surface area contributed by atoms with E-state index in [0.717, 1.165) is 31.2 Å². The summed E-state index contributed by atoms with van der Waals surface area (Å²) in [6.07, 6.45) is 3.47. The Morgan fingerprint density at radius 3 is 2.72 bits per heavy atom. The molecule has 1 aliphatic rings. The van der Waals surface area contributed by atoms with Crippen LogP contribution in [0.3, 0.4) is 0 Å². The van der Waals surface area contributed by atoms with Crippen LogP contribution in [0.5, 0.6) is 0 Å². The molecule has 0 radical (unpaired) electrons. The zero-order chi connectivity index (χ0) is 13.1. The molecule has 0 heterocycles. The minimum absolute atomic E-state index is 0.00431. The fourth-order valence-electron chi connectivity index (χ4n) is 2.68. The highest BCUT2D eigenvalue weighted by Crippen LogP contribution is 2.23. The van der Waals surface area contributed by atoms with Gasteiger partial charge in [-0.3, -0.25) is 4.79 Å². The molecule has 98 valence electrons. The van der Waals surface area contributed by atoms with Gasteiger partial charge >= 0.3 is 0 Å². The number of hydrogen-bond donors (Lipinski definition) is 1. The van der Waals surface area contributed by atoms with Crippen molar-refractivity contribution in [2.24, 2.45) is 0 Å². The van der Waals surface area contributed by atoms with Gasteiger partial charge in [0.15, 0.2) is 0 Å². The minimum Gasteiger partial charge on any atom is -0.391 e. The number of amides is 1. The van der Waals surface area contributed by atoms with Crippen molar-refractivity contribution in [3.8, 4) is 0 Å². The number of benzene rings is 1. The lowest BCUT2D eigenvalue weighted by Gasteiger charge is -2.35. The molecule has 0 aromatic heterocycles. The van der Waals surface area contributed by atoms with Gasteiger partial charge in [-0.15, -0.1) is 0 Å². The van der Waals surface area contributed by atoms with Crippen molar-refractivity contribution >= 4 is 5.91 Å². The van der Waals surface area contributed by atoms with Crippen LogP contribution in [0.2, 0.25) is 0 Å². The Kier molecular flexibility index (Phi) is 4.02. The molecule has 1 saturated carbocycles. The molecule has 2 atom stereocenters. The molecule has 1 N–H and O–H groups in total. The lowest BCUT2D eigenvalue weighted by molar-refractivity contribution is 0.0268. The van der Waals surface area contributed by atoms with Crippen LogP contribution in [0.4, 0.5) is 0 Å². The summed E-state index contributed by atoms with van der Waals surface area (Å²) in [6.45, 7) is 1.98. The van der Waals surface area contributed by atoms with Gasteiger partial charge in [-0.2, -0.15) is 0 Å². The van der Waals surface area contributed by atoms with Crippen LogP contribution >= 0.6 is 0 Å². The average molecular weight is 247 g/mol. The second-order valence-corrected chi connectivity index (χ2v) is 5.20. The highest BCUT2D eigenvalue weighted by atomic mass is 16.3. The fraction of sp³-hybridized carbons (Fsp3) is 0.533. The van der Waals surface area contributed by atoms with Crippen molar-refractivity contribution < 1.29 is 9.90 Å². The number of carbonyl (C=O) groups excluding carboxylic acids is 1. The van der Waals surface area contributed by atoms with Gasteiger partial charge in [0, 0.05) is 12.6 Å². The number of nitrogens with zero attached hydrogens (tertiary/aromatic N) is 1. The maximum atomic E-state index is 12.4. The lowest BCUT2D eigenvalue weighted by Crippen LogP contribution is -2.46. The molecule has 0 bridgehead atoms. The smallest absolute Gasteiger partial charge is 0.253 e. The molecule has 1 aromatic carbocycles. The summed E-state index contributed by atoms with van der Waals surface area (Å²) < 4.78 is 0. The SMILES string of the molecule is Cc1cccc(C(=O)N(C)[C@@H]2CCCC[C@H]2O)c1. The molecular formula is C15H21NO2. The van der Waals surface area contributed by atoms with E-state index in [-0.39, 0.29) is 18.1 Å². The topological polar surface area (TPSA) is 40.5 Å². The third-order valence-electron chi connectivity index (χ3n) is 3.78. The Labute approximate surface area is 108 Å². The average Bonchev–Trinajstić information content (AvgIpc) is 2.37. The van der Waals surface area contributed by atoms with Crippen molar-refractivity contribution in [3.05, 3.63) is 35.4 Å². The summed E-state index contributed by atoms with van der Waals surface area (Å²) in [6, 6.07) is 7.57. The lowest BCUT2D eigenvalue weighted by atomic mass is 9.91. The number of hydrogen-bond acceptors (Lipinski definition) is 2. The molecule has 0 saturated heterocycles. The van der Waals surface area contributed by atoms with Gasteiger partial charge in [0.1, 0.15) is 0 Å². The highest BCUT2D eigenvalue weighted by molar-refractivity contribution is 5.94. The van der Waals surface area contributed by atoms with Crippen LogP contribution in [0.1, 0.15) is 41.6 Å². The Bertz CT molecular complexity index is 430. The van der Waals surface area contributed by atoms with Crippen molar-refractivity contribution in [1.82, 2.24) is 4.90 Å². The molecule has 1 amide bonds. The van der Waals surface area contributed by atoms with E-state index in [2.05, 4.69) is 0 Å². The maximum Gasteiger partial charge on any atom is 0.253 e. The molecule has 2 rings (SSSR count). The molecule has 3 nitrogen and oxygen atoms in total. The second-order valence-electron chi connectivity index (χ2n) is 5.20. The van der Waals surface area contributed by atoms with Gasteiger partial charge in [0.25, 0.3) is 5.91 Å². The van der Waals surface area contributed by atoms with E-state index in [0.29, 0.717) is 5.56 Å². The van der Waals surface area contributed by atoms with E-state index in [4.69, 9.17) is 0 Å². The third kappa shape index (κ3) is 2.72. The van der Waals surface area contributed by atoms with Gasteiger partial charge < -0.3 is 10.0 Å². The first kappa shape index (κ1) is 13.1. The summed E-state index contributed by atoms with van der Waals surface area (Å²) >= 11 is 0. The summed E-state index contributed by atoms with van der Waals surface area (Å²) in [7, 11) is 1.80. The largest absolute Gasteiger partial charge is 0.391 e. The third-order valence-corrected chi connectivity index (χ3v) is 3.78. The van der Waals surface area contributed by atoms with Crippen molar-refractivity contribution in [3.63, 3.8) is 0 Å². The number of aryl methyl sites for hydroxylation is 1. The predicted molar refractivity (Wildman–Crippen MR) is 71.5 cm³/mol. The number of carbonyl (C=O) groups is 1.